The fourth-order valence-corrected chi connectivity index (χ4v) is 2.24. The molecule has 0 aliphatic carbocycles. The number of hydrogen-bond acceptors (Lipinski definition) is 2. The average Bonchev–Trinajstić information content (AvgIpc) is 2.05. The molecule has 0 aromatic carbocycles. The molecule has 1 radical (unpaired) electrons. The molecular formula is C6H6NOSe2. The first-order valence-electron chi connectivity index (χ1n) is 2.66. The quantitative estimate of drug-likeness (QED) is 0.673. The molecule has 0 atom stereocenters. The third kappa shape index (κ3) is 1.99. The van der Waals surface area contributed by atoms with Gasteiger partial charge in [-0.1, -0.05) is 0 Å². The van der Waals surface area contributed by atoms with Crippen LogP contribution in [0.3, 0.4) is 0 Å². The summed E-state index contributed by atoms with van der Waals surface area (Å²) in [5.41, 5.74) is 0. The van der Waals surface area contributed by atoms with Crippen molar-refractivity contribution in [3.05, 3.63) is 18.3 Å². The number of pyridine rings is 1. The molecule has 2 nitrogen and oxygen atoms in total. The number of methoxy groups -OCH3 is 1. The zero-order valence-electron chi connectivity index (χ0n) is 5.40. The Labute approximate surface area is 72.9 Å². The summed E-state index contributed by atoms with van der Waals surface area (Å²) >= 11 is 3.40. The molecule has 0 aliphatic rings. The van der Waals surface area contributed by atoms with Crippen molar-refractivity contribution in [2.24, 2.45) is 0 Å². The molecule has 4 heteroatoms. The Balaban J connectivity index is 2.87. The molecule has 0 N–H and O–H groups in total. The van der Waals surface area contributed by atoms with Gasteiger partial charge in [0.1, 0.15) is 0 Å². The van der Waals surface area contributed by atoms with Crippen LogP contribution in [0.4, 0.5) is 0 Å². The fraction of sp³-hybridized carbons (Fsp3) is 0.167. The SMILES string of the molecule is COc1cc([Se][Se])ccn1. The van der Waals surface area contributed by atoms with Crippen molar-refractivity contribution >= 4 is 31.8 Å². The van der Waals surface area contributed by atoms with Crippen molar-refractivity contribution in [3.8, 4) is 5.88 Å². The second-order valence-corrected chi connectivity index (χ2v) is 4.77. The minimum absolute atomic E-state index is 0.413. The molecule has 0 unspecified atom stereocenters. The normalized spacial score (nSPS) is 9.40. The molecule has 0 amide bonds. The molecule has 0 saturated heterocycles. The maximum atomic E-state index is 4.94. The summed E-state index contributed by atoms with van der Waals surface area (Å²) in [4.78, 5) is 3.98. The second kappa shape index (κ2) is 3.99. The first-order chi connectivity index (χ1) is 4.86. The number of hydrogen-bond donors (Lipinski definition) is 0. The Morgan fingerprint density at radius 3 is 3.10 bits per heavy atom. The molecular weight excluding hydrogens is 260 g/mol. The maximum absolute atomic E-state index is 4.94. The third-order valence-corrected chi connectivity index (χ3v) is 4.05. The van der Waals surface area contributed by atoms with E-state index < -0.39 is 0 Å². The molecule has 0 aliphatic heterocycles. The van der Waals surface area contributed by atoms with Crippen LogP contribution in [-0.2, 0) is 0 Å². The summed E-state index contributed by atoms with van der Waals surface area (Å²) in [6, 6.07) is 3.93. The number of rotatable bonds is 2. The topological polar surface area (TPSA) is 22.1 Å². The van der Waals surface area contributed by atoms with E-state index in [1.165, 1.54) is 4.46 Å². The summed E-state index contributed by atoms with van der Waals surface area (Å²) in [5.74, 6) is 0.689. The van der Waals surface area contributed by atoms with Gasteiger partial charge in [0.15, 0.2) is 0 Å². The van der Waals surface area contributed by atoms with E-state index in [0.29, 0.717) is 19.0 Å². The van der Waals surface area contributed by atoms with Gasteiger partial charge < -0.3 is 0 Å². The molecule has 0 spiro atoms. The predicted molar refractivity (Wildman–Crippen MR) is 41.9 cm³/mol. The summed E-state index contributed by atoms with van der Waals surface area (Å²) in [5, 5.41) is 0. The Morgan fingerprint density at radius 2 is 2.50 bits per heavy atom. The van der Waals surface area contributed by atoms with Gasteiger partial charge in [-0.25, -0.2) is 0 Å². The monoisotopic (exact) mass is 268 g/mol. The summed E-state index contributed by atoms with van der Waals surface area (Å²) < 4.78 is 6.20. The molecule has 1 rings (SSSR count). The van der Waals surface area contributed by atoms with Gasteiger partial charge in [0.25, 0.3) is 0 Å². The standard InChI is InChI=1S/C6H6NOSe2/c1-8-6-4-5(10-9)2-3-7-6/h2-4H,1H3. The van der Waals surface area contributed by atoms with E-state index in [1.807, 2.05) is 12.1 Å². The average molecular weight is 266 g/mol. The van der Waals surface area contributed by atoms with Gasteiger partial charge in [-0.15, -0.1) is 0 Å². The Kier molecular flexibility index (Phi) is 3.23. The molecule has 1 heterocycles. The van der Waals surface area contributed by atoms with Crippen molar-refractivity contribution in [2.75, 3.05) is 7.11 Å². The van der Waals surface area contributed by atoms with E-state index in [4.69, 9.17) is 4.74 Å². The van der Waals surface area contributed by atoms with Gasteiger partial charge in [-0.05, 0) is 0 Å². The van der Waals surface area contributed by atoms with Gasteiger partial charge >= 0.3 is 72.8 Å². The van der Waals surface area contributed by atoms with Crippen molar-refractivity contribution < 1.29 is 4.74 Å². The van der Waals surface area contributed by atoms with Crippen LogP contribution in [0, 0.1) is 0 Å². The molecule has 0 saturated carbocycles. The van der Waals surface area contributed by atoms with Gasteiger partial charge in [-0.2, -0.15) is 0 Å². The minimum atomic E-state index is 0.413. The third-order valence-electron chi connectivity index (χ3n) is 1.01. The second-order valence-electron chi connectivity index (χ2n) is 1.62. The van der Waals surface area contributed by atoms with Crippen LogP contribution in [0.1, 0.15) is 0 Å². The van der Waals surface area contributed by atoms with Crippen molar-refractivity contribution in [2.45, 2.75) is 0 Å². The molecule has 1 aromatic rings. The van der Waals surface area contributed by atoms with Crippen LogP contribution >= 0.6 is 0 Å². The molecule has 1 aromatic heterocycles. The van der Waals surface area contributed by atoms with E-state index in [9.17, 15) is 0 Å². The van der Waals surface area contributed by atoms with Crippen molar-refractivity contribution in [3.63, 3.8) is 0 Å². The van der Waals surface area contributed by atoms with E-state index in [2.05, 4.69) is 19.2 Å². The number of aromatic nitrogens is 1. The van der Waals surface area contributed by atoms with Gasteiger partial charge in [0.2, 0.25) is 0 Å². The predicted octanol–water partition coefficient (Wildman–Crippen LogP) is -0.497. The Morgan fingerprint density at radius 1 is 1.70 bits per heavy atom. The van der Waals surface area contributed by atoms with Crippen molar-refractivity contribution in [1.29, 1.82) is 0 Å². The molecule has 0 fully saturated rings. The number of nitrogens with zero attached hydrogens (tertiary/aromatic N) is 1. The van der Waals surface area contributed by atoms with Gasteiger partial charge in [-0.3, -0.25) is 0 Å². The van der Waals surface area contributed by atoms with Crippen molar-refractivity contribution in [1.82, 2.24) is 4.98 Å². The summed E-state index contributed by atoms with van der Waals surface area (Å²) in [7, 11) is 1.62. The van der Waals surface area contributed by atoms with Crippen LogP contribution < -0.4 is 9.20 Å². The zero-order chi connectivity index (χ0) is 7.40. The van der Waals surface area contributed by atoms with E-state index in [-0.39, 0.29) is 0 Å². The summed E-state index contributed by atoms with van der Waals surface area (Å²) in [6.07, 6.45) is 1.76. The fourth-order valence-electron chi connectivity index (χ4n) is 0.555. The van der Waals surface area contributed by atoms with Crippen LogP contribution in [0.2, 0.25) is 0 Å². The zero-order valence-corrected chi connectivity index (χ0v) is 8.83. The number of ether oxygens (including phenoxy) is 1. The van der Waals surface area contributed by atoms with Crippen LogP contribution in [0.5, 0.6) is 5.88 Å². The van der Waals surface area contributed by atoms with Crippen LogP contribution in [0.15, 0.2) is 18.3 Å². The molecule has 0 bridgehead atoms. The first-order valence-corrected chi connectivity index (χ1v) is 7.85. The molecule has 53 valence electrons. The van der Waals surface area contributed by atoms with Crippen LogP contribution in [-0.4, -0.2) is 39.4 Å². The van der Waals surface area contributed by atoms with E-state index in [0.717, 1.165) is 0 Å². The summed E-state index contributed by atoms with van der Waals surface area (Å²) in [6.45, 7) is 0. The van der Waals surface area contributed by atoms with E-state index >= 15 is 0 Å². The Bertz CT molecular complexity index is 197. The van der Waals surface area contributed by atoms with E-state index in [1.54, 1.807) is 13.3 Å². The van der Waals surface area contributed by atoms with Crippen LogP contribution in [0.25, 0.3) is 0 Å². The molecule has 10 heavy (non-hydrogen) atoms. The first kappa shape index (κ1) is 8.09. The van der Waals surface area contributed by atoms with Gasteiger partial charge in [0, 0.05) is 0 Å². The van der Waals surface area contributed by atoms with Gasteiger partial charge in [0.05, 0.1) is 0 Å². The Hall–Kier alpha value is -0.0110.